The predicted molar refractivity (Wildman–Crippen MR) is 111 cm³/mol. The first-order chi connectivity index (χ1) is 13.4. The predicted octanol–water partition coefficient (Wildman–Crippen LogP) is 2.25. The van der Waals surface area contributed by atoms with Gasteiger partial charge < -0.3 is 9.80 Å². The molecule has 0 atom stereocenters. The number of piperazine rings is 1. The molecule has 0 aliphatic carbocycles. The van der Waals surface area contributed by atoms with E-state index in [1.165, 1.54) is 5.56 Å². The molecule has 1 saturated heterocycles. The highest BCUT2D eigenvalue weighted by molar-refractivity contribution is 7.88. The lowest BCUT2D eigenvalue weighted by Crippen LogP contribution is -2.49. The van der Waals surface area contributed by atoms with Gasteiger partial charge in [0.2, 0.25) is 15.9 Å². The number of carbonyl (C=O) groups is 1. The Morgan fingerprint density at radius 2 is 1.64 bits per heavy atom. The van der Waals surface area contributed by atoms with Crippen LogP contribution in [0, 0.1) is 0 Å². The molecular weight excluding hydrogens is 374 g/mol. The number of rotatable bonds is 4. The molecule has 0 bridgehead atoms. The molecule has 1 amide bonds. The minimum Gasteiger partial charge on any atom is -0.369 e. The van der Waals surface area contributed by atoms with E-state index in [1.54, 1.807) is 9.21 Å². The zero-order valence-corrected chi connectivity index (χ0v) is 16.9. The quantitative estimate of drug-likeness (QED) is 0.791. The van der Waals surface area contributed by atoms with Gasteiger partial charge in [0, 0.05) is 51.0 Å². The molecule has 0 unspecified atom stereocenters. The number of benzene rings is 2. The van der Waals surface area contributed by atoms with Gasteiger partial charge in [-0.2, -0.15) is 4.31 Å². The maximum atomic E-state index is 12.7. The maximum absolute atomic E-state index is 12.7. The summed E-state index contributed by atoms with van der Waals surface area (Å²) in [6, 6.07) is 15.5. The number of aryl methyl sites for hydroxylation is 1. The van der Waals surface area contributed by atoms with E-state index in [9.17, 15) is 13.2 Å². The molecule has 7 heteroatoms. The molecule has 0 spiro atoms. The summed E-state index contributed by atoms with van der Waals surface area (Å²) in [6.07, 6.45) is 1.30. The van der Waals surface area contributed by atoms with Crippen LogP contribution in [0.25, 0.3) is 0 Å². The van der Waals surface area contributed by atoms with Gasteiger partial charge >= 0.3 is 0 Å². The Morgan fingerprint density at radius 1 is 0.929 bits per heavy atom. The van der Waals surface area contributed by atoms with E-state index in [0.29, 0.717) is 32.6 Å². The van der Waals surface area contributed by atoms with Crippen molar-refractivity contribution in [1.82, 2.24) is 4.31 Å². The van der Waals surface area contributed by atoms with Crippen molar-refractivity contribution in [3.8, 4) is 0 Å². The Morgan fingerprint density at radius 3 is 2.36 bits per heavy atom. The lowest BCUT2D eigenvalue weighted by Gasteiger charge is -2.36. The van der Waals surface area contributed by atoms with Crippen LogP contribution in [0.3, 0.4) is 0 Å². The highest BCUT2D eigenvalue weighted by atomic mass is 32.2. The Labute approximate surface area is 166 Å². The van der Waals surface area contributed by atoms with Gasteiger partial charge in [-0.1, -0.05) is 30.3 Å². The standard InChI is InChI=1S/C21H25N3O3S/c1-22-20-9-8-19(15-18(20)7-10-21(22)25)23-11-13-24(14-12-23)28(26,27)16-17-5-3-2-4-6-17/h2-6,8-9,15H,7,10-14,16H2,1H3. The molecule has 6 nitrogen and oxygen atoms in total. The van der Waals surface area contributed by atoms with Gasteiger partial charge in [-0.05, 0) is 35.7 Å². The van der Waals surface area contributed by atoms with Crippen molar-refractivity contribution in [2.24, 2.45) is 0 Å². The summed E-state index contributed by atoms with van der Waals surface area (Å²) >= 11 is 0. The fraction of sp³-hybridized carbons (Fsp3) is 0.381. The third-order valence-electron chi connectivity index (χ3n) is 5.60. The zero-order valence-electron chi connectivity index (χ0n) is 16.0. The van der Waals surface area contributed by atoms with Crippen molar-refractivity contribution in [2.75, 3.05) is 43.0 Å². The van der Waals surface area contributed by atoms with Crippen LogP contribution in [0.4, 0.5) is 11.4 Å². The zero-order chi connectivity index (χ0) is 19.7. The Bertz CT molecular complexity index is 968. The van der Waals surface area contributed by atoms with Crippen LogP contribution >= 0.6 is 0 Å². The van der Waals surface area contributed by atoms with Crippen LogP contribution in [-0.4, -0.2) is 51.9 Å². The van der Waals surface area contributed by atoms with Gasteiger partial charge in [0.25, 0.3) is 0 Å². The number of sulfonamides is 1. The van der Waals surface area contributed by atoms with E-state index >= 15 is 0 Å². The maximum Gasteiger partial charge on any atom is 0.227 e. The third kappa shape index (κ3) is 3.77. The van der Waals surface area contributed by atoms with Gasteiger partial charge in [0.15, 0.2) is 0 Å². The fourth-order valence-electron chi connectivity index (χ4n) is 3.94. The molecule has 0 saturated carbocycles. The molecule has 28 heavy (non-hydrogen) atoms. The summed E-state index contributed by atoms with van der Waals surface area (Å²) in [5, 5.41) is 0. The summed E-state index contributed by atoms with van der Waals surface area (Å²) in [7, 11) is -1.49. The molecule has 1 fully saturated rings. The van der Waals surface area contributed by atoms with E-state index in [2.05, 4.69) is 11.0 Å². The Balaban J connectivity index is 1.42. The van der Waals surface area contributed by atoms with Crippen LogP contribution in [0.1, 0.15) is 17.5 Å². The number of hydrogen-bond acceptors (Lipinski definition) is 4. The lowest BCUT2D eigenvalue weighted by molar-refractivity contribution is -0.118. The van der Waals surface area contributed by atoms with Gasteiger partial charge in [0.1, 0.15) is 0 Å². The van der Waals surface area contributed by atoms with Crippen LogP contribution in [0.15, 0.2) is 48.5 Å². The van der Waals surface area contributed by atoms with Gasteiger partial charge in [-0.25, -0.2) is 8.42 Å². The molecule has 2 heterocycles. The minimum atomic E-state index is -3.31. The van der Waals surface area contributed by atoms with Crippen LogP contribution in [-0.2, 0) is 27.0 Å². The van der Waals surface area contributed by atoms with Gasteiger partial charge in [0.05, 0.1) is 5.75 Å². The largest absolute Gasteiger partial charge is 0.369 e. The summed E-state index contributed by atoms with van der Waals surface area (Å²) in [6.45, 7) is 2.32. The van der Waals surface area contributed by atoms with E-state index in [1.807, 2.05) is 49.5 Å². The van der Waals surface area contributed by atoms with Crippen molar-refractivity contribution in [3.63, 3.8) is 0 Å². The van der Waals surface area contributed by atoms with Crippen LogP contribution in [0.2, 0.25) is 0 Å². The molecule has 4 rings (SSSR count). The summed E-state index contributed by atoms with van der Waals surface area (Å²) < 4.78 is 27.1. The molecular formula is C21H25N3O3S. The first-order valence-electron chi connectivity index (χ1n) is 9.60. The molecule has 148 valence electrons. The van der Waals surface area contributed by atoms with E-state index in [-0.39, 0.29) is 11.7 Å². The van der Waals surface area contributed by atoms with E-state index in [4.69, 9.17) is 0 Å². The molecule has 2 aromatic carbocycles. The summed E-state index contributed by atoms with van der Waals surface area (Å²) in [5.41, 5.74) is 4.07. The highest BCUT2D eigenvalue weighted by Crippen LogP contribution is 2.31. The second kappa shape index (κ2) is 7.56. The van der Waals surface area contributed by atoms with Crippen LogP contribution in [0.5, 0.6) is 0 Å². The summed E-state index contributed by atoms with van der Waals surface area (Å²) in [5.74, 6) is 0.199. The number of nitrogens with zero attached hydrogens (tertiary/aromatic N) is 3. The fourth-order valence-corrected chi connectivity index (χ4v) is 5.46. The normalized spacial score (nSPS) is 18.2. The monoisotopic (exact) mass is 399 g/mol. The minimum absolute atomic E-state index is 0.0487. The summed E-state index contributed by atoms with van der Waals surface area (Å²) in [4.78, 5) is 15.8. The second-order valence-electron chi connectivity index (χ2n) is 7.39. The van der Waals surface area contributed by atoms with Crippen molar-refractivity contribution in [1.29, 1.82) is 0 Å². The third-order valence-corrected chi connectivity index (χ3v) is 7.45. The average Bonchev–Trinajstić information content (AvgIpc) is 2.71. The molecule has 0 radical (unpaired) electrons. The smallest absolute Gasteiger partial charge is 0.227 e. The van der Waals surface area contributed by atoms with Crippen molar-refractivity contribution in [3.05, 3.63) is 59.7 Å². The van der Waals surface area contributed by atoms with Gasteiger partial charge in [-0.15, -0.1) is 0 Å². The number of anilines is 2. The van der Waals surface area contributed by atoms with Crippen molar-refractivity contribution in [2.45, 2.75) is 18.6 Å². The SMILES string of the molecule is CN1C(=O)CCc2cc(N3CCN(S(=O)(=O)Cc4ccccc4)CC3)ccc21. The Hall–Kier alpha value is -2.38. The number of amides is 1. The number of fused-ring (bicyclic) bond motifs is 1. The van der Waals surface area contributed by atoms with Crippen molar-refractivity contribution < 1.29 is 13.2 Å². The van der Waals surface area contributed by atoms with E-state index in [0.717, 1.165) is 23.4 Å². The molecule has 0 N–H and O–H groups in total. The molecule has 2 aliphatic rings. The first kappa shape index (κ1) is 19.0. The lowest BCUT2D eigenvalue weighted by atomic mass is 10.0. The van der Waals surface area contributed by atoms with Crippen molar-refractivity contribution >= 4 is 27.3 Å². The molecule has 2 aromatic rings. The second-order valence-corrected chi connectivity index (χ2v) is 9.36. The molecule has 2 aliphatic heterocycles. The average molecular weight is 400 g/mol. The molecule has 0 aromatic heterocycles. The first-order valence-corrected chi connectivity index (χ1v) is 11.2. The highest BCUT2D eigenvalue weighted by Gasteiger charge is 2.28. The topological polar surface area (TPSA) is 60.9 Å². The van der Waals surface area contributed by atoms with Crippen LogP contribution < -0.4 is 9.80 Å². The number of hydrogen-bond donors (Lipinski definition) is 0. The number of carbonyl (C=O) groups excluding carboxylic acids is 1. The van der Waals surface area contributed by atoms with E-state index < -0.39 is 10.0 Å². The van der Waals surface area contributed by atoms with Gasteiger partial charge in [-0.3, -0.25) is 4.79 Å². The Kier molecular flexibility index (Phi) is 5.12.